The van der Waals surface area contributed by atoms with Gasteiger partial charge < -0.3 is 10.1 Å². The number of hydrogen-bond donors (Lipinski definition) is 2. The van der Waals surface area contributed by atoms with E-state index in [4.69, 9.17) is 11.6 Å². The van der Waals surface area contributed by atoms with Gasteiger partial charge in [-0.15, -0.1) is 11.3 Å². The highest BCUT2D eigenvalue weighted by Gasteiger charge is 2.22. The molecule has 26 heavy (non-hydrogen) atoms. The summed E-state index contributed by atoms with van der Waals surface area (Å²) >= 11 is 7.77. The van der Waals surface area contributed by atoms with Gasteiger partial charge in [0.1, 0.15) is 14.9 Å². The molecule has 2 aromatic heterocycles. The zero-order valence-corrected chi connectivity index (χ0v) is 15.8. The van der Waals surface area contributed by atoms with Crippen LogP contribution in [0.2, 0.25) is 4.34 Å². The predicted molar refractivity (Wildman–Crippen MR) is 109 cm³/mol. The number of rotatable bonds is 2. The summed E-state index contributed by atoms with van der Waals surface area (Å²) in [6.07, 6.45) is 0. The molecule has 0 bridgehead atoms. The quantitative estimate of drug-likeness (QED) is 0.454. The summed E-state index contributed by atoms with van der Waals surface area (Å²) in [4.78, 5) is 16.0. The van der Waals surface area contributed by atoms with Gasteiger partial charge in [-0.25, -0.2) is 0 Å². The van der Waals surface area contributed by atoms with Gasteiger partial charge in [0.25, 0.3) is 5.56 Å². The molecule has 0 unspecified atom stereocenters. The van der Waals surface area contributed by atoms with Crippen molar-refractivity contribution in [1.29, 1.82) is 0 Å². The van der Waals surface area contributed by atoms with Crippen molar-refractivity contribution in [3.8, 4) is 28.0 Å². The first-order chi connectivity index (χ1) is 12.5. The Hall–Kier alpha value is -2.56. The fourth-order valence-electron chi connectivity index (χ4n) is 3.14. The molecule has 5 heteroatoms. The maximum absolute atomic E-state index is 12.6. The highest BCUT2D eigenvalue weighted by molar-refractivity contribution is 7.23. The number of aromatic hydroxyl groups is 1. The largest absolute Gasteiger partial charge is 0.506 e. The van der Waals surface area contributed by atoms with Crippen molar-refractivity contribution < 1.29 is 5.11 Å². The standard InChI is InChI=1S/C21H16ClNO2S/c1-11-8-9-14(10-12(11)2)15-17-18(24)16(13-6-4-3-5-7-13)20(25)23-21(17)26-19(15)22/h3-10H,1-2H3,(H2,23,24,25). The predicted octanol–water partition coefficient (Wildman–Crippen LogP) is 5.90. The number of halogens is 1. The van der Waals surface area contributed by atoms with Crippen LogP contribution in [0, 0.1) is 13.8 Å². The van der Waals surface area contributed by atoms with Crippen LogP contribution in [0.15, 0.2) is 53.3 Å². The zero-order valence-electron chi connectivity index (χ0n) is 14.3. The SMILES string of the molecule is Cc1ccc(-c2c(Cl)sc3[nH]c(=O)c(-c4ccccc4)c(O)c23)cc1C. The maximum Gasteiger partial charge on any atom is 0.260 e. The minimum atomic E-state index is -0.328. The molecule has 0 saturated heterocycles. The third-order valence-corrected chi connectivity index (χ3v) is 5.97. The first-order valence-electron chi connectivity index (χ1n) is 8.17. The Morgan fingerprint density at radius 1 is 0.962 bits per heavy atom. The van der Waals surface area contributed by atoms with E-state index in [1.807, 2.05) is 37.3 Å². The molecule has 0 aliphatic heterocycles. The summed E-state index contributed by atoms with van der Waals surface area (Å²) in [5.41, 5.74) is 4.61. The smallest absolute Gasteiger partial charge is 0.260 e. The molecular weight excluding hydrogens is 366 g/mol. The first kappa shape index (κ1) is 16.9. The molecule has 130 valence electrons. The molecule has 0 spiro atoms. The lowest BCUT2D eigenvalue weighted by Gasteiger charge is -2.09. The molecule has 0 aliphatic rings. The van der Waals surface area contributed by atoms with Gasteiger partial charge in [0.2, 0.25) is 0 Å². The van der Waals surface area contributed by atoms with E-state index in [1.54, 1.807) is 12.1 Å². The Bertz CT molecular complexity index is 1190. The van der Waals surface area contributed by atoms with E-state index in [9.17, 15) is 9.90 Å². The lowest BCUT2D eigenvalue weighted by atomic mass is 9.98. The van der Waals surface area contributed by atoms with E-state index >= 15 is 0 Å². The van der Waals surface area contributed by atoms with Crippen LogP contribution in [0.25, 0.3) is 32.5 Å². The second-order valence-corrected chi connectivity index (χ2v) is 7.92. The number of aryl methyl sites for hydroxylation is 2. The van der Waals surface area contributed by atoms with E-state index < -0.39 is 0 Å². The number of thiophene rings is 1. The molecule has 4 rings (SSSR count). The fraction of sp³-hybridized carbons (Fsp3) is 0.0952. The van der Waals surface area contributed by atoms with Crippen molar-refractivity contribution in [2.75, 3.05) is 0 Å². The van der Waals surface area contributed by atoms with Crippen LogP contribution in [0.1, 0.15) is 11.1 Å². The first-order valence-corrected chi connectivity index (χ1v) is 9.37. The molecule has 2 N–H and O–H groups in total. The molecule has 2 heterocycles. The van der Waals surface area contributed by atoms with Crippen molar-refractivity contribution in [3.63, 3.8) is 0 Å². The molecule has 0 atom stereocenters. The summed E-state index contributed by atoms with van der Waals surface area (Å²) in [5, 5.41) is 11.6. The molecule has 0 radical (unpaired) electrons. The van der Waals surface area contributed by atoms with E-state index in [0.29, 0.717) is 20.1 Å². The van der Waals surface area contributed by atoms with Crippen LogP contribution < -0.4 is 5.56 Å². The maximum atomic E-state index is 12.6. The number of fused-ring (bicyclic) bond motifs is 1. The minimum absolute atomic E-state index is 0.0358. The van der Waals surface area contributed by atoms with Crippen molar-refractivity contribution in [2.45, 2.75) is 13.8 Å². The number of aromatic nitrogens is 1. The Morgan fingerprint density at radius 3 is 2.38 bits per heavy atom. The van der Waals surface area contributed by atoms with Crippen molar-refractivity contribution in [1.82, 2.24) is 4.98 Å². The molecule has 0 fully saturated rings. The second kappa shape index (κ2) is 6.31. The van der Waals surface area contributed by atoms with Crippen molar-refractivity contribution in [3.05, 3.63) is 74.3 Å². The second-order valence-electron chi connectivity index (χ2n) is 6.30. The number of pyridine rings is 1. The Kier molecular flexibility index (Phi) is 4.10. The Morgan fingerprint density at radius 2 is 1.69 bits per heavy atom. The monoisotopic (exact) mass is 381 g/mol. The number of nitrogens with one attached hydrogen (secondary N) is 1. The van der Waals surface area contributed by atoms with Crippen molar-refractivity contribution >= 4 is 33.2 Å². The fourth-order valence-corrected chi connectivity index (χ4v) is 4.52. The number of hydrogen-bond acceptors (Lipinski definition) is 3. The van der Waals surface area contributed by atoms with Gasteiger partial charge in [-0.3, -0.25) is 4.79 Å². The molecule has 2 aromatic carbocycles. The number of aromatic amines is 1. The highest BCUT2D eigenvalue weighted by Crippen LogP contribution is 2.46. The van der Waals surface area contributed by atoms with Gasteiger partial charge in [0, 0.05) is 5.56 Å². The van der Waals surface area contributed by atoms with Crippen LogP contribution in [0.3, 0.4) is 0 Å². The summed E-state index contributed by atoms with van der Waals surface area (Å²) < 4.78 is 0.541. The average Bonchev–Trinajstić information content (AvgIpc) is 2.94. The lowest BCUT2D eigenvalue weighted by molar-refractivity contribution is 0.483. The molecule has 4 aromatic rings. The summed E-state index contributed by atoms with van der Waals surface area (Å²) in [6, 6.07) is 15.2. The molecule has 0 saturated carbocycles. The van der Waals surface area contributed by atoms with Crippen LogP contribution in [-0.2, 0) is 0 Å². The highest BCUT2D eigenvalue weighted by atomic mass is 35.5. The Balaban J connectivity index is 2.08. The average molecular weight is 382 g/mol. The molecule has 0 aliphatic carbocycles. The van der Waals surface area contributed by atoms with Gasteiger partial charge >= 0.3 is 0 Å². The molecule has 0 amide bonds. The summed E-state index contributed by atoms with van der Waals surface area (Å²) in [6.45, 7) is 4.09. The van der Waals surface area contributed by atoms with Gasteiger partial charge in [0.15, 0.2) is 0 Å². The normalized spacial score (nSPS) is 11.2. The van der Waals surface area contributed by atoms with Crippen LogP contribution in [0.4, 0.5) is 0 Å². The third-order valence-electron chi connectivity index (χ3n) is 4.65. The molecule has 3 nitrogen and oxygen atoms in total. The van der Waals surface area contributed by atoms with Crippen LogP contribution >= 0.6 is 22.9 Å². The topological polar surface area (TPSA) is 53.1 Å². The number of H-pyrrole nitrogens is 1. The van der Waals surface area contributed by atoms with Gasteiger partial charge in [-0.2, -0.15) is 0 Å². The molecular formula is C21H16ClNO2S. The van der Waals surface area contributed by atoms with E-state index in [-0.39, 0.29) is 16.9 Å². The number of benzene rings is 2. The third kappa shape index (κ3) is 2.62. The van der Waals surface area contributed by atoms with Crippen LogP contribution in [-0.4, -0.2) is 10.1 Å². The van der Waals surface area contributed by atoms with E-state index in [2.05, 4.69) is 18.0 Å². The lowest BCUT2D eigenvalue weighted by Crippen LogP contribution is -2.08. The van der Waals surface area contributed by atoms with Gasteiger partial charge in [-0.05, 0) is 36.1 Å². The zero-order chi connectivity index (χ0) is 18.4. The van der Waals surface area contributed by atoms with E-state index in [0.717, 1.165) is 16.7 Å². The summed E-state index contributed by atoms with van der Waals surface area (Å²) in [7, 11) is 0. The van der Waals surface area contributed by atoms with Crippen molar-refractivity contribution in [2.24, 2.45) is 0 Å². The van der Waals surface area contributed by atoms with Gasteiger partial charge in [-0.1, -0.05) is 60.1 Å². The Labute approximate surface area is 159 Å². The minimum Gasteiger partial charge on any atom is -0.506 e. The van der Waals surface area contributed by atoms with E-state index in [1.165, 1.54) is 16.9 Å². The van der Waals surface area contributed by atoms with Crippen LogP contribution in [0.5, 0.6) is 5.75 Å². The summed E-state index contributed by atoms with van der Waals surface area (Å²) in [5.74, 6) is -0.0358. The van der Waals surface area contributed by atoms with Gasteiger partial charge in [0.05, 0.1) is 10.9 Å².